The molecular weight excluding hydrogens is 413 g/mol. The molecule has 2 heterocycles. The fourth-order valence-corrected chi connectivity index (χ4v) is 2.77. The SMILES string of the molecule is O=C(NCCOc1ccc(-c2noc(C(F)(F)F)n2)cc1)c1ccc2ccccc2n1. The number of nitrogens with one attached hydrogen (secondary N) is 1. The van der Waals surface area contributed by atoms with Crippen LogP contribution in [0.4, 0.5) is 13.2 Å². The standard InChI is InChI=1S/C21H15F3N4O3/c22-21(23,24)20-27-18(28-31-20)14-5-8-15(9-6-14)30-12-11-25-19(29)17-10-7-13-3-1-2-4-16(13)26-17/h1-10H,11-12H2,(H,25,29). The number of ether oxygens (including phenoxy) is 1. The minimum absolute atomic E-state index is 0.172. The van der Waals surface area contributed by atoms with Crippen molar-refractivity contribution in [2.45, 2.75) is 6.18 Å². The normalized spacial score (nSPS) is 11.5. The number of nitrogens with zero attached hydrogens (tertiary/aromatic N) is 3. The highest BCUT2D eigenvalue weighted by Gasteiger charge is 2.38. The molecule has 0 aliphatic carbocycles. The van der Waals surface area contributed by atoms with Gasteiger partial charge in [-0.05, 0) is 36.4 Å². The van der Waals surface area contributed by atoms with Crippen molar-refractivity contribution in [3.05, 3.63) is 72.2 Å². The van der Waals surface area contributed by atoms with E-state index in [-0.39, 0.29) is 24.9 Å². The number of hydrogen-bond donors (Lipinski definition) is 1. The first-order chi connectivity index (χ1) is 14.9. The second kappa shape index (κ2) is 8.42. The van der Waals surface area contributed by atoms with Gasteiger partial charge in [0.2, 0.25) is 5.82 Å². The molecule has 0 saturated carbocycles. The van der Waals surface area contributed by atoms with Gasteiger partial charge in [-0.1, -0.05) is 29.4 Å². The highest BCUT2D eigenvalue weighted by Crippen LogP contribution is 2.29. The highest BCUT2D eigenvalue weighted by molar-refractivity contribution is 5.94. The monoisotopic (exact) mass is 428 g/mol. The van der Waals surface area contributed by atoms with E-state index < -0.39 is 12.1 Å². The van der Waals surface area contributed by atoms with Crippen LogP contribution in [0, 0.1) is 0 Å². The van der Waals surface area contributed by atoms with E-state index in [4.69, 9.17) is 4.74 Å². The summed E-state index contributed by atoms with van der Waals surface area (Å²) in [6, 6.07) is 17.1. The number of aromatic nitrogens is 3. The Morgan fingerprint density at radius 3 is 2.52 bits per heavy atom. The van der Waals surface area contributed by atoms with Crippen molar-refractivity contribution < 1.29 is 27.2 Å². The van der Waals surface area contributed by atoms with Crippen molar-refractivity contribution in [2.75, 3.05) is 13.2 Å². The summed E-state index contributed by atoms with van der Waals surface area (Å²) in [7, 11) is 0. The van der Waals surface area contributed by atoms with Crippen molar-refractivity contribution >= 4 is 16.8 Å². The molecule has 0 aliphatic heterocycles. The number of rotatable bonds is 6. The minimum atomic E-state index is -4.69. The van der Waals surface area contributed by atoms with Gasteiger partial charge in [0.15, 0.2) is 0 Å². The van der Waals surface area contributed by atoms with Crippen LogP contribution < -0.4 is 10.1 Å². The molecule has 158 valence electrons. The van der Waals surface area contributed by atoms with Gasteiger partial charge in [-0.15, -0.1) is 0 Å². The summed E-state index contributed by atoms with van der Waals surface area (Å²) < 4.78 is 47.4. The van der Waals surface area contributed by atoms with Gasteiger partial charge >= 0.3 is 12.1 Å². The number of pyridine rings is 1. The van der Waals surface area contributed by atoms with Crippen LogP contribution in [-0.2, 0) is 6.18 Å². The maximum atomic E-state index is 12.5. The summed E-state index contributed by atoms with van der Waals surface area (Å²) in [6.07, 6.45) is -4.69. The second-order valence-corrected chi connectivity index (χ2v) is 6.44. The summed E-state index contributed by atoms with van der Waals surface area (Å²) in [5.74, 6) is -1.42. The lowest BCUT2D eigenvalue weighted by Gasteiger charge is -2.08. The van der Waals surface area contributed by atoms with E-state index in [9.17, 15) is 18.0 Å². The van der Waals surface area contributed by atoms with Crippen LogP contribution in [-0.4, -0.2) is 34.2 Å². The fraction of sp³-hybridized carbons (Fsp3) is 0.143. The van der Waals surface area contributed by atoms with Gasteiger partial charge in [0.05, 0.1) is 12.1 Å². The smallest absolute Gasteiger partial charge is 0.471 e. The van der Waals surface area contributed by atoms with E-state index in [2.05, 4.69) is 25.0 Å². The predicted molar refractivity (Wildman–Crippen MR) is 104 cm³/mol. The molecule has 0 aliphatic rings. The van der Waals surface area contributed by atoms with Gasteiger partial charge in [0.25, 0.3) is 5.91 Å². The predicted octanol–water partition coefficient (Wildman–Crippen LogP) is 4.11. The number of amides is 1. The van der Waals surface area contributed by atoms with Crippen LogP contribution in [0.3, 0.4) is 0 Å². The molecule has 1 amide bonds. The van der Waals surface area contributed by atoms with Crippen LogP contribution >= 0.6 is 0 Å². The molecule has 2 aromatic heterocycles. The van der Waals surface area contributed by atoms with Crippen molar-refractivity contribution in [2.24, 2.45) is 0 Å². The molecule has 0 unspecified atom stereocenters. The number of benzene rings is 2. The molecule has 31 heavy (non-hydrogen) atoms. The molecule has 0 saturated heterocycles. The van der Waals surface area contributed by atoms with E-state index in [1.807, 2.05) is 30.3 Å². The first-order valence-corrected chi connectivity index (χ1v) is 9.18. The maximum absolute atomic E-state index is 12.5. The first kappa shape index (κ1) is 20.3. The molecule has 0 bridgehead atoms. The topological polar surface area (TPSA) is 90.1 Å². The molecule has 0 spiro atoms. The molecule has 0 atom stereocenters. The van der Waals surface area contributed by atoms with E-state index in [0.717, 1.165) is 10.9 Å². The Hall–Kier alpha value is -3.95. The average Bonchev–Trinajstić information content (AvgIpc) is 3.28. The lowest BCUT2D eigenvalue weighted by molar-refractivity contribution is -0.159. The largest absolute Gasteiger partial charge is 0.492 e. The summed E-state index contributed by atoms with van der Waals surface area (Å²) in [4.78, 5) is 19.9. The third kappa shape index (κ3) is 4.80. The second-order valence-electron chi connectivity index (χ2n) is 6.44. The molecule has 0 radical (unpaired) electrons. The van der Waals surface area contributed by atoms with Gasteiger partial charge < -0.3 is 14.6 Å². The van der Waals surface area contributed by atoms with Gasteiger partial charge in [-0.3, -0.25) is 4.79 Å². The van der Waals surface area contributed by atoms with Crippen molar-refractivity contribution in [1.82, 2.24) is 20.4 Å². The zero-order valence-corrected chi connectivity index (χ0v) is 15.9. The number of para-hydroxylation sites is 1. The van der Waals surface area contributed by atoms with Crippen molar-refractivity contribution in [3.8, 4) is 17.1 Å². The van der Waals surface area contributed by atoms with Crippen LogP contribution in [0.15, 0.2) is 65.2 Å². The zero-order chi connectivity index (χ0) is 21.8. The van der Waals surface area contributed by atoms with Gasteiger partial charge in [-0.25, -0.2) is 4.98 Å². The number of carbonyl (C=O) groups is 1. The fourth-order valence-electron chi connectivity index (χ4n) is 2.77. The Morgan fingerprint density at radius 1 is 1.00 bits per heavy atom. The molecule has 10 heteroatoms. The molecule has 2 aromatic carbocycles. The lowest BCUT2D eigenvalue weighted by atomic mass is 10.2. The molecule has 1 N–H and O–H groups in total. The van der Waals surface area contributed by atoms with Crippen molar-refractivity contribution in [3.63, 3.8) is 0 Å². The van der Waals surface area contributed by atoms with Gasteiger partial charge in [-0.2, -0.15) is 18.2 Å². The first-order valence-electron chi connectivity index (χ1n) is 9.18. The number of carbonyl (C=O) groups excluding carboxylic acids is 1. The lowest BCUT2D eigenvalue weighted by Crippen LogP contribution is -2.28. The van der Waals surface area contributed by atoms with Gasteiger partial charge in [0.1, 0.15) is 18.1 Å². The van der Waals surface area contributed by atoms with Gasteiger partial charge in [0, 0.05) is 10.9 Å². The summed E-state index contributed by atoms with van der Waals surface area (Å²) in [6.45, 7) is 0.438. The average molecular weight is 428 g/mol. The maximum Gasteiger partial charge on any atom is 0.471 e. The number of halogens is 3. The number of fused-ring (bicyclic) bond motifs is 1. The Balaban J connectivity index is 1.28. The Labute approximate surface area is 173 Å². The third-order valence-corrected chi connectivity index (χ3v) is 4.27. The van der Waals surface area contributed by atoms with Crippen LogP contribution in [0.1, 0.15) is 16.4 Å². The Kier molecular flexibility index (Phi) is 5.52. The van der Waals surface area contributed by atoms with Crippen LogP contribution in [0.5, 0.6) is 5.75 Å². The quantitative estimate of drug-likeness (QED) is 0.465. The number of hydrogen-bond acceptors (Lipinski definition) is 6. The molecule has 0 fully saturated rings. The third-order valence-electron chi connectivity index (χ3n) is 4.27. The molecule has 4 aromatic rings. The summed E-state index contributed by atoms with van der Waals surface area (Å²) >= 11 is 0. The minimum Gasteiger partial charge on any atom is -0.492 e. The van der Waals surface area contributed by atoms with E-state index in [1.54, 1.807) is 18.2 Å². The van der Waals surface area contributed by atoms with E-state index in [0.29, 0.717) is 17.0 Å². The Bertz CT molecular complexity index is 1210. The number of alkyl halides is 3. The zero-order valence-electron chi connectivity index (χ0n) is 15.9. The molecule has 7 nitrogen and oxygen atoms in total. The van der Waals surface area contributed by atoms with E-state index >= 15 is 0 Å². The highest BCUT2D eigenvalue weighted by atomic mass is 19.4. The van der Waals surface area contributed by atoms with Crippen LogP contribution in [0.25, 0.3) is 22.3 Å². The molecular formula is C21H15F3N4O3. The van der Waals surface area contributed by atoms with Crippen LogP contribution in [0.2, 0.25) is 0 Å². The van der Waals surface area contributed by atoms with E-state index in [1.165, 1.54) is 12.1 Å². The van der Waals surface area contributed by atoms with Crippen molar-refractivity contribution in [1.29, 1.82) is 0 Å². The Morgan fingerprint density at radius 2 is 1.77 bits per heavy atom. The summed E-state index contributed by atoms with van der Waals surface area (Å²) in [5, 5.41) is 6.99. The summed E-state index contributed by atoms with van der Waals surface area (Å²) in [5.41, 5.74) is 1.39. The molecule has 4 rings (SSSR count).